The zero-order valence-corrected chi connectivity index (χ0v) is 9.89. The van der Waals surface area contributed by atoms with Gasteiger partial charge in [-0.15, -0.1) is 0 Å². The Hall–Kier alpha value is -1.72. The Morgan fingerprint density at radius 3 is 2.82 bits per heavy atom. The van der Waals surface area contributed by atoms with Crippen LogP contribution < -0.4 is 0 Å². The third-order valence-electron chi connectivity index (χ3n) is 2.25. The molecule has 0 atom stereocenters. The highest BCUT2D eigenvalue weighted by Crippen LogP contribution is 2.22. The minimum Gasteiger partial charge on any atom is -0.282 e. The highest BCUT2D eigenvalue weighted by atomic mass is 35.5. The first-order valence-electron chi connectivity index (χ1n) is 4.72. The predicted octanol–water partition coefficient (Wildman–Crippen LogP) is 2.52. The van der Waals surface area contributed by atoms with Crippen molar-refractivity contribution in [1.82, 2.24) is 24.5 Å². The lowest BCUT2D eigenvalue weighted by molar-refractivity contribution is 1.04. The van der Waals surface area contributed by atoms with Gasteiger partial charge in [0.2, 0.25) is 5.28 Å². The number of aromatic nitrogens is 5. The van der Waals surface area contributed by atoms with Crippen LogP contribution in [0.4, 0.5) is 0 Å². The molecule has 3 aromatic rings. The van der Waals surface area contributed by atoms with E-state index in [1.165, 1.54) is 0 Å². The van der Waals surface area contributed by atoms with E-state index in [0.717, 1.165) is 5.69 Å². The second kappa shape index (κ2) is 3.94. The van der Waals surface area contributed by atoms with Gasteiger partial charge < -0.3 is 0 Å². The molecule has 0 N–H and O–H groups in total. The Morgan fingerprint density at radius 2 is 2.06 bits per heavy atom. The number of halogens is 2. The summed E-state index contributed by atoms with van der Waals surface area (Å²) in [5, 5.41) is 0.329. The molecule has 0 spiro atoms. The molecule has 84 valence electrons. The van der Waals surface area contributed by atoms with Crippen molar-refractivity contribution in [1.29, 1.82) is 0 Å². The van der Waals surface area contributed by atoms with Crippen molar-refractivity contribution in [2.24, 2.45) is 0 Å². The van der Waals surface area contributed by atoms with Gasteiger partial charge in [-0.05, 0) is 23.7 Å². The molecule has 0 radical (unpaired) electrons. The molecule has 0 aromatic carbocycles. The molecule has 0 aliphatic heterocycles. The van der Waals surface area contributed by atoms with Gasteiger partial charge in [0.05, 0.1) is 11.9 Å². The maximum absolute atomic E-state index is 5.94. The van der Waals surface area contributed by atoms with E-state index in [1.807, 2.05) is 12.1 Å². The Bertz CT molecular complexity index is 680. The van der Waals surface area contributed by atoms with E-state index in [1.54, 1.807) is 23.3 Å². The topological polar surface area (TPSA) is 56.5 Å². The zero-order chi connectivity index (χ0) is 11.8. The molecule has 0 bridgehead atoms. The first-order valence-corrected chi connectivity index (χ1v) is 5.48. The van der Waals surface area contributed by atoms with Gasteiger partial charge in [0.15, 0.2) is 10.8 Å². The Labute approximate surface area is 106 Å². The number of rotatable bonds is 1. The fraction of sp³-hybridized carbons (Fsp3) is 0. The summed E-state index contributed by atoms with van der Waals surface area (Å²) in [5.41, 5.74) is 1.91. The van der Waals surface area contributed by atoms with Crippen LogP contribution in [-0.2, 0) is 0 Å². The van der Waals surface area contributed by atoms with E-state index >= 15 is 0 Å². The average molecular weight is 266 g/mol. The fourth-order valence-electron chi connectivity index (χ4n) is 1.53. The predicted molar refractivity (Wildman–Crippen MR) is 64.5 cm³/mol. The van der Waals surface area contributed by atoms with Crippen LogP contribution in [-0.4, -0.2) is 24.5 Å². The lowest BCUT2D eigenvalue weighted by Gasteiger charge is -2.02. The summed E-state index contributed by atoms with van der Waals surface area (Å²) in [6, 6.07) is 3.71. The molecule has 3 aromatic heterocycles. The van der Waals surface area contributed by atoms with Crippen LogP contribution in [0, 0.1) is 0 Å². The van der Waals surface area contributed by atoms with Gasteiger partial charge in [0.25, 0.3) is 0 Å². The summed E-state index contributed by atoms with van der Waals surface area (Å²) in [6.45, 7) is 0. The van der Waals surface area contributed by atoms with Crippen LogP contribution in [0.2, 0.25) is 10.4 Å². The van der Waals surface area contributed by atoms with Gasteiger partial charge in [0.1, 0.15) is 11.8 Å². The lowest BCUT2D eigenvalue weighted by atomic mass is 10.4. The molecule has 0 unspecified atom stereocenters. The molecular weight excluding hydrogens is 261 g/mol. The number of pyridine rings is 1. The van der Waals surface area contributed by atoms with Crippen LogP contribution in [0.1, 0.15) is 0 Å². The van der Waals surface area contributed by atoms with E-state index in [9.17, 15) is 0 Å². The van der Waals surface area contributed by atoms with Crippen molar-refractivity contribution >= 4 is 34.4 Å². The number of hydrogen-bond donors (Lipinski definition) is 0. The monoisotopic (exact) mass is 265 g/mol. The second-order valence-electron chi connectivity index (χ2n) is 3.28. The van der Waals surface area contributed by atoms with Crippen LogP contribution in [0.25, 0.3) is 16.9 Å². The van der Waals surface area contributed by atoms with Gasteiger partial charge in [-0.25, -0.2) is 9.97 Å². The maximum Gasteiger partial charge on any atom is 0.225 e. The summed E-state index contributed by atoms with van der Waals surface area (Å²) < 4.78 is 1.75. The molecule has 0 amide bonds. The molecule has 0 saturated carbocycles. The van der Waals surface area contributed by atoms with Gasteiger partial charge in [-0.2, -0.15) is 4.98 Å². The Balaban J connectivity index is 2.32. The highest BCUT2D eigenvalue weighted by molar-refractivity contribution is 6.35. The normalized spacial score (nSPS) is 10.9. The summed E-state index contributed by atoms with van der Waals surface area (Å²) >= 11 is 11.7. The molecule has 5 nitrogen and oxygen atoms in total. The van der Waals surface area contributed by atoms with Crippen molar-refractivity contribution in [2.75, 3.05) is 0 Å². The van der Waals surface area contributed by atoms with Crippen LogP contribution in [0.3, 0.4) is 0 Å². The van der Waals surface area contributed by atoms with E-state index in [4.69, 9.17) is 23.2 Å². The van der Waals surface area contributed by atoms with E-state index in [2.05, 4.69) is 19.9 Å². The zero-order valence-electron chi connectivity index (χ0n) is 8.38. The summed E-state index contributed by atoms with van der Waals surface area (Å²) in [4.78, 5) is 16.1. The van der Waals surface area contributed by atoms with Crippen molar-refractivity contribution < 1.29 is 0 Å². The van der Waals surface area contributed by atoms with Crippen molar-refractivity contribution in [2.45, 2.75) is 0 Å². The van der Waals surface area contributed by atoms with Gasteiger partial charge in [-0.3, -0.25) is 9.55 Å². The van der Waals surface area contributed by atoms with Crippen molar-refractivity contribution in [3.05, 3.63) is 41.3 Å². The number of fused-ring (bicyclic) bond motifs is 1. The van der Waals surface area contributed by atoms with Crippen molar-refractivity contribution in [3.63, 3.8) is 0 Å². The molecule has 3 rings (SSSR count). The number of imidazole rings is 1. The van der Waals surface area contributed by atoms with Gasteiger partial charge in [0, 0.05) is 6.20 Å². The third-order valence-corrected chi connectivity index (χ3v) is 2.68. The second-order valence-corrected chi connectivity index (χ2v) is 3.98. The fourth-order valence-corrected chi connectivity index (χ4v) is 1.95. The highest BCUT2D eigenvalue weighted by Gasteiger charge is 2.11. The Kier molecular flexibility index (Phi) is 2.42. The molecule has 3 heterocycles. The standard InChI is InChI=1S/C10H5Cl2N5/c11-8-7-9(16-10(12)15-8)17(5-14-7)6-2-1-3-13-4-6/h1-5H. The first-order chi connectivity index (χ1) is 8.25. The van der Waals surface area contributed by atoms with Crippen LogP contribution in [0.5, 0.6) is 0 Å². The van der Waals surface area contributed by atoms with Crippen LogP contribution >= 0.6 is 23.2 Å². The van der Waals surface area contributed by atoms with Gasteiger partial charge in [-0.1, -0.05) is 11.6 Å². The number of hydrogen-bond acceptors (Lipinski definition) is 4. The minimum absolute atomic E-state index is 0.0909. The summed E-state index contributed by atoms with van der Waals surface area (Å²) in [5.74, 6) is 0. The molecule has 0 aliphatic carbocycles. The molecule has 0 saturated heterocycles. The van der Waals surface area contributed by atoms with E-state index in [-0.39, 0.29) is 10.4 Å². The van der Waals surface area contributed by atoms with Crippen molar-refractivity contribution in [3.8, 4) is 5.69 Å². The SMILES string of the molecule is Clc1nc(Cl)c2ncn(-c3cccnc3)c2n1. The minimum atomic E-state index is 0.0909. The Morgan fingerprint density at radius 1 is 1.18 bits per heavy atom. The molecule has 0 aliphatic rings. The maximum atomic E-state index is 5.94. The first kappa shape index (κ1) is 10.4. The molecule has 7 heteroatoms. The number of nitrogens with zero attached hydrogens (tertiary/aromatic N) is 5. The summed E-state index contributed by atoms with van der Waals surface area (Å²) in [6.07, 6.45) is 5.00. The smallest absolute Gasteiger partial charge is 0.225 e. The average Bonchev–Trinajstić information content (AvgIpc) is 2.74. The largest absolute Gasteiger partial charge is 0.282 e. The quantitative estimate of drug-likeness (QED) is 0.501. The molecule has 0 fully saturated rings. The van der Waals surface area contributed by atoms with Gasteiger partial charge >= 0.3 is 0 Å². The van der Waals surface area contributed by atoms with E-state index < -0.39 is 0 Å². The van der Waals surface area contributed by atoms with Crippen LogP contribution in [0.15, 0.2) is 30.9 Å². The molecular formula is C10H5Cl2N5. The lowest BCUT2D eigenvalue weighted by Crippen LogP contribution is -1.95. The summed E-state index contributed by atoms with van der Waals surface area (Å²) in [7, 11) is 0. The molecule has 17 heavy (non-hydrogen) atoms. The third kappa shape index (κ3) is 1.73. The van der Waals surface area contributed by atoms with E-state index in [0.29, 0.717) is 11.2 Å².